The molecule has 0 heterocycles. The van der Waals surface area contributed by atoms with Crippen LogP contribution < -0.4 is 16.4 Å². The van der Waals surface area contributed by atoms with Crippen molar-refractivity contribution in [2.75, 3.05) is 18.9 Å². The lowest BCUT2D eigenvalue weighted by atomic mass is 9.81. The van der Waals surface area contributed by atoms with Crippen LogP contribution in [0.3, 0.4) is 0 Å². The smallest absolute Gasteiger partial charge is 0.253 e. The van der Waals surface area contributed by atoms with Crippen molar-refractivity contribution in [3.63, 3.8) is 0 Å². The maximum atomic E-state index is 12.5. The second-order valence-electron chi connectivity index (χ2n) is 4.77. The summed E-state index contributed by atoms with van der Waals surface area (Å²) in [5.41, 5.74) is 6.14. The molecule has 1 aromatic carbocycles. The van der Waals surface area contributed by atoms with Crippen LogP contribution in [0.5, 0.6) is 0 Å². The number of carbonyl (C=O) groups excluding carboxylic acids is 2. The van der Waals surface area contributed by atoms with E-state index >= 15 is 0 Å². The third-order valence-electron chi connectivity index (χ3n) is 3.87. The Morgan fingerprint density at radius 1 is 1.20 bits per heavy atom. The van der Waals surface area contributed by atoms with Gasteiger partial charge < -0.3 is 16.4 Å². The summed E-state index contributed by atoms with van der Waals surface area (Å²) in [7, 11) is 1.56. The lowest BCUT2D eigenvalue weighted by molar-refractivity contribution is -0.125. The summed E-state index contributed by atoms with van der Waals surface area (Å²) in [5, 5.41) is 5.40. The number of nitrogens with two attached hydrogens (primary N) is 1. The molecule has 1 aromatic rings. The summed E-state index contributed by atoms with van der Waals surface area (Å²) in [5.74, 6) is -0.367. The van der Waals surface area contributed by atoms with Crippen LogP contribution in [0, 0.1) is 5.41 Å². The molecule has 2 amide bonds. The van der Waals surface area contributed by atoms with Gasteiger partial charge in [-0.15, -0.1) is 0 Å². The molecule has 5 heteroatoms. The van der Waals surface area contributed by atoms with E-state index in [1.165, 1.54) is 0 Å². The van der Waals surface area contributed by atoms with Gasteiger partial charge in [0, 0.05) is 13.6 Å². The summed E-state index contributed by atoms with van der Waals surface area (Å²) < 4.78 is 0. The van der Waals surface area contributed by atoms with Crippen molar-refractivity contribution in [3.05, 3.63) is 29.8 Å². The molecule has 0 aliphatic heterocycles. The third kappa shape index (κ3) is 3.17. The predicted molar refractivity (Wildman–Crippen MR) is 80.5 cm³/mol. The van der Waals surface area contributed by atoms with E-state index in [0.717, 1.165) is 0 Å². The molecule has 0 aliphatic carbocycles. The molecule has 110 valence electrons. The molecular weight excluding hydrogens is 254 g/mol. The Morgan fingerprint density at radius 2 is 1.80 bits per heavy atom. The fourth-order valence-corrected chi connectivity index (χ4v) is 2.13. The molecule has 0 spiro atoms. The van der Waals surface area contributed by atoms with Crippen LogP contribution in [0.25, 0.3) is 0 Å². The van der Waals surface area contributed by atoms with Crippen LogP contribution in [-0.4, -0.2) is 25.4 Å². The summed E-state index contributed by atoms with van der Waals surface area (Å²) >= 11 is 0. The molecule has 1 rings (SSSR count). The van der Waals surface area contributed by atoms with Crippen molar-refractivity contribution < 1.29 is 9.59 Å². The van der Waals surface area contributed by atoms with Crippen molar-refractivity contribution >= 4 is 17.5 Å². The topological polar surface area (TPSA) is 84.2 Å². The quantitative estimate of drug-likeness (QED) is 0.740. The van der Waals surface area contributed by atoms with Crippen molar-refractivity contribution in [2.45, 2.75) is 26.7 Å². The number of amides is 2. The minimum absolute atomic E-state index is 0.138. The van der Waals surface area contributed by atoms with Gasteiger partial charge in [0.25, 0.3) is 5.91 Å². The zero-order valence-corrected chi connectivity index (χ0v) is 12.3. The minimum atomic E-state index is -0.587. The van der Waals surface area contributed by atoms with E-state index in [1.807, 2.05) is 13.8 Å². The SMILES string of the molecule is CCC(CC)(CN)C(=O)Nc1ccccc1C(=O)NC. The average molecular weight is 277 g/mol. The maximum absolute atomic E-state index is 12.5. The molecule has 0 saturated heterocycles. The van der Waals surface area contributed by atoms with Gasteiger partial charge in [0.05, 0.1) is 16.7 Å². The van der Waals surface area contributed by atoms with E-state index in [9.17, 15) is 9.59 Å². The molecule has 0 radical (unpaired) electrons. The summed E-state index contributed by atoms with van der Waals surface area (Å²) in [6.45, 7) is 4.18. The first kappa shape index (κ1) is 16.2. The highest BCUT2D eigenvalue weighted by Gasteiger charge is 2.33. The Labute approximate surface area is 119 Å². The Balaban J connectivity index is 3.04. The van der Waals surface area contributed by atoms with Gasteiger partial charge in [-0.05, 0) is 25.0 Å². The van der Waals surface area contributed by atoms with Crippen LogP contribution in [0.4, 0.5) is 5.69 Å². The molecule has 0 aromatic heterocycles. The highest BCUT2D eigenvalue weighted by molar-refractivity contribution is 6.04. The molecule has 0 unspecified atom stereocenters. The van der Waals surface area contributed by atoms with Gasteiger partial charge in [-0.1, -0.05) is 26.0 Å². The van der Waals surface area contributed by atoms with Crippen LogP contribution in [-0.2, 0) is 4.79 Å². The van der Waals surface area contributed by atoms with Crippen molar-refractivity contribution in [1.29, 1.82) is 0 Å². The molecule has 0 aliphatic rings. The van der Waals surface area contributed by atoms with Crippen LogP contribution in [0.15, 0.2) is 24.3 Å². The molecule has 4 N–H and O–H groups in total. The minimum Gasteiger partial charge on any atom is -0.355 e. The number of rotatable bonds is 6. The van der Waals surface area contributed by atoms with Gasteiger partial charge in [0.1, 0.15) is 0 Å². The standard InChI is InChI=1S/C15H23N3O2/c1-4-15(5-2,10-16)14(20)18-12-9-7-6-8-11(12)13(19)17-3/h6-9H,4-5,10,16H2,1-3H3,(H,17,19)(H,18,20). The van der Waals surface area contributed by atoms with E-state index in [2.05, 4.69) is 10.6 Å². The number of para-hydroxylation sites is 1. The first-order valence-corrected chi connectivity index (χ1v) is 6.87. The second kappa shape index (κ2) is 7.05. The van der Waals surface area contributed by atoms with Gasteiger partial charge in [-0.2, -0.15) is 0 Å². The molecule has 0 saturated carbocycles. The average Bonchev–Trinajstić information content (AvgIpc) is 2.49. The maximum Gasteiger partial charge on any atom is 0.253 e. The van der Waals surface area contributed by atoms with Gasteiger partial charge in [-0.3, -0.25) is 9.59 Å². The normalized spacial score (nSPS) is 11.0. The van der Waals surface area contributed by atoms with Crippen molar-refractivity contribution in [1.82, 2.24) is 5.32 Å². The molecule has 20 heavy (non-hydrogen) atoms. The first-order chi connectivity index (χ1) is 9.54. The van der Waals surface area contributed by atoms with E-state index in [0.29, 0.717) is 24.1 Å². The highest BCUT2D eigenvalue weighted by atomic mass is 16.2. The molecule has 5 nitrogen and oxygen atoms in total. The van der Waals surface area contributed by atoms with Crippen LogP contribution in [0.2, 0.25) is 0 Å². The predicted octanol–water partition coefficient (Wildman–Crippen LogP) is 1.75. The third-order valence-corrected chi connectivity index (χ3v) is 3.87. The Kier molecular flexibility index (Phi) is 5.70. The summed E-state index contributed by atoms with van der Waals surface area (Å²) in [4.78, 5) is 24.3. The van der Waals surface area contributed by atoms with E-state index < -0.39 is 5.41 Å². The zero-order valence-electron chi connectivity index (χ0n) is 12.3. The number of anilines is 1. The fourth-order valence-electron chi connectivity index (χ4n) is 2.13. The van der Waals surface area contributed by atoms with E-state index in [1.54, 1.807) is 31.3 Å². The molecule has 0 bridgehead atoms. The fraction of sp³-hybridized carbons (Fsp3) is 0.467. The first-order valence-electron chi connectivity index (χ1n) is 6.87. The monoisotopic (exact) mass is 277 g/mol. The Bertz CT molecular complexity index is 473. The zero-order chi connectivity index (χ0) is 15.2. The number of carbonyl (C=O) groups is 2. The van der Waals surface area contributed by atoms with Crippen molar-refractivity contribution in [3.8, 4) is 0 Å². The van der Waals surface area contributed by atoms with E-state index in [-0.39, 0.29) is 18.4 Å². The van der Waals surface area contributed by atoms with Gasteiger partial charge in [-0.25, -0.2) is 0 Å². The van der Waals surface area contributed by atoms with E-state index in [4.69, 9.17) is 5.73 Å². The van der Waals surface area contributed by atoms with Gasteiger partial charge in [0.2, 0.25) is 5.91 Å². The lowest BCUT2D eigenvalue weighted by Gasteiger charge is -2.28. The molecule has 0 atom stereocenters. The number of hydrogen-bond acceptors (Lipinski definition) is 3. The molecular formula is C15H23N3O2. The van der Waals surface area contributed by atoms with Crippen LogP contribution in [0.1, 0.15) is 37.0 Å². The van der Waals surface area contributed by atoms with Gasteiger partial charge >= 0.3 is 0 Å². The van der Waals surface area contributed by atoms with Gasteiger partial charge in [0.15, 0.2) is 0 Å². The Morgan fingerprint density at radius 3 is 2.30 bits per heavy atom. The highest BCUT2D eigenvalue weighted by Crippen LogP contribution is 2.27. The number of benzene rings is 1. The lowest BCUT2D eigenvalue weighted by Crippen LogP contribution is -2.41. The molecule has 0 fully saturated rings. The largest absolute Gasteiger partial charge is 0.355 e. The summed E-state index contributed by atoms with van der Waals surface area (Å²) in [6, 6.07) is 6.94. The van der Waals surface area contributed by atoms with Crippen LogP contribution >= 0.6 is 0 Å². The Hall–Kier alpha value is -1.88. The summed E-state index contributed by atoms with van der Waals surface area (Å²) in [6.07, 6.45) is 1.32. The second-order valence-corrected chi connectivity index (χ2v) is 4.77. The van der Waals surface area contributed by atoms with Crippen molar-refractivity contribution in [2.24, 2.45) is 11.1 Å². The number of nitrogens with one attached hydrogen (secondary N) is 2. The number of hydrogen-bond donors (Lipinski definition) is 3.